The summed E-state index contributed by atoms with van der Waals surface area (Å²) in [7, 11) is 0. The minimum Gasteiger partial charge on any atom is -0.341 e. The third-order valence-electron chi connectivity index (χ3n) is 12.6. The number of hydrogen-bond donors (Lipinski definition) is 3. The highest BCUT2D eigenvalue weighted by molar-refractivity contribution is 6.11. The van der Waals surface area contributed by atoms with Crippen LogP contribution in [-0.4, -0.2) is 71.8 Å². The summed E-state index contributed by atoms with van der Waals surface area (Å²) in [5.74, 6) is 0.374. The number of nitrogens with one attached hydrogen (secondary N) is 3. The molecule has 2 aliphatic heterocycles. The van der Waals surface area contributed by atoms with E-state index in [0.29, 0.717) is 36.5 Å². The molecule has 0 bridgehead atoms. The molecular weight excluding hydrogens is 731 g/mol. The summed E-state index contributed by atoms with van der Waals surface area (Å²) in [6.07, 6.45) is 9.01. The summed E-state index contributed by atoms with van der Waals surface area (Å²) in [5.41, 5.74) is 8.68. The van der Waals surface area contributed by atoms with Crippen LogP contribution in [0.15, 0.2) is 65.6 Å². The molecule has 1 saturated carbocycles. The van der Waals surface area contributed by atoms with Crippen molar-refractivity contribution in [2.45, 2.75) is 108 Å². The molecule has 298 valence electrons. The van der Waals surface area contributed by atoms with E-state index in [9.17, 15) is 14.4 Å². The Labute approximate surface area is 336 Å². The van der Waals surface area contributed by atoms with Crippen molar-refractivity contribution in [3.8, 4) is 11.3 Å². The van der Waals surface area contributed by atoms with Gasteiger partial charge in [-0.15, -0.1) is 0 Å². The van der Waals surface area contributed by atoms with E-state index in [1.165, 1.54) is 5.56 Å². The van der Waals surface area contributed by atoms with Gasteiger partial charge in [0.1, 0.15) is 12.0 Å². The first-order valence-corrected chi connectivity index (χ1v) is 20.5. The van der Waals surface area contributed by atoms with Gasteiger partial charge in [-0.25, -0.2) is 9.97 Å². The minimum atomic E-state index is -0.409. The van der Waals surface area contributed by atoms with Crippen molar-refractivity contribution in [1.29, 1.82) is 0 Å². The van der Waals surface area contributed by atoms with Crippen molar-refractivity contribution < 1.29 is 18.9 Å². The van der Waals surface area contributed by atoms with E-state index in [1.54, 1.807) is 6.33 Å². The SMILES string of the molecule is Cc1cc(-c2ncnc3[nH]c4cc(C5CCN(C6CC(c7ccc(C8CCC(=O)NC8=O)cc7)C6)CC5)ncc4c23)ccc1[C@@H](C)NC(=O)c1nc(C(C)(C)C)no1. The zero-order valence-corrected chi connectivity index (χ0v) is 33.6. The Morgan fingerprint density at radius 2 is 1.71 bits per heavy atom. The van der Waals surface area contributed by atoms with Crippen LogP contribution in [0.3, 0.4) is 0 Å². The third kappa shape index (κ3) is 7.16. The number of pyridine rings is 1. The maximum absolute atomic E-state index is 13.0. The van der Waals surface area contributed by atoms with Crippen LogP contribution in [0.25, 0.3) is 33.2 Å². The van der Waals surface area contributed by atoms with Crippen LogP contribution in [0.5, 0.6) is 0 Å². The number of rotatable bonds is 8. The molecule has 1 aliphatic carbocycles. The Bertz CT molecular complexity index is 2540. The average Bonchev–Trinajstić information content (AvgIpc) is 3.84. The second-order valence-corrected chi connectivity index (χ2v) is 17.5. The van der Waals surface area contributed by atoms with E-state index < -0.39 is 5.91 Å². The first-order valence-electron chi connectivity index (χ1n) is 20.5. The fourth-order valence-corrected chi connectivity index (χ4v) is 9.08. The monoisotopic (exact) mass is 779 g/mol. The van der Waals surface area contributed by atoms with Crippen LogP contribution in [0.2, 0.25) is 0 Å². The van der Waals surface area contributed by atoms with Gasteiger partial charge >= 0.3 is 11.8 Å². The van der Waals surface area contributed by atoms with E-state index in [0.717, 1.165) is 94.4 Å². The second kappa shape index (κ2) is 14.8. The largest absolute Gasteiger partial charge is 0.341 e. The van der Waals surface area contributed by atoms with E-state index in [-0.39, 0.29) is 35.1 Å². The molecule has 2 aromatic carbocycles. The summed E-state index contributed by atoms with van der Waals surface area (Å²) >= 11 is 0. The Balaban J connectivity index is 0.831. The fraction of sp³-hybridized carbons (Fsp3) is 0.422. The van der Waals surface area contributed by atoms with Crippen molar-refractivity contribution >= 4 is 39.7 Å². The fourth-order valence-electron chi connectivity index (χ4n) is 9.08. The molecule has 3 amide bonds. The number of aromatic nitrogens is 6. The van der Waals surface area contributed by atoms with Crippen LogP contribution in [-0.2, 0) is 15.0 Å². The van der Waals surface area contributed by atoms with E-state index in [2.05, 4.69) is 72.0 Å². The topological polar surface area (TPSA) is 172 Å². The molecule has 6 aromatic rings. The zero-order valence-electron chi connectivity index (χ0n) is 33.6. The summed E-state index contributed by atoms with van der Waals surface area (Å²) in [5, 5.41) is 11.4. The molecule has 3 fully saturated rings. The molecule has 0 spiro atoms. The summed E-state index contributed by atoms with van der Waals surface area (Å²) in [6, 6.07) is 17.2. The van der Waals surface area contributed by atoms with Crippen molar-refractivity contribution in [2.24, 2.45) is 0 Å². The van der Waals surface area contributed by atoms with Gasteiger partial charge in [-0.2, -0.15) is 4.98 Å². The first kappa shape index (κ1) is 37.7. The van der Waals surface area contributed by atoms with Gasteiger partial charge in [0.2, 0.25) is 11.8 Å². The molecule has 13 heteroatoms. The van der Waals surface area contributed by atoms with Crippen molar-refractivity contribution in [3.63, 3.8) is 0 Å². The average molecular weight is 780 g/mol. The number of piperidine rings is 2. The minimum absolute atomic E-state index is 0.0476. The molecule has 13 nitrogen and oxygen atoms in total. The van der Waals surface area contributed by atoms with Gasteiger partial charge < -0.3 is 19.7 Å². The van der Waals surface area contributed by atoms with Gasteiger partial charge in [-0.05, 0) is 99.3 Å². The predicted molar refractivity (Wildman–Crippen MR) is 219 cm³/mol. The maximum Gasteiger partial charge on any atom is 0.315 e. The van der Waals surface area contributed by atoms with Crippen molar-refractivity contribution in [1.82, 2.24) is 45.6 Å². The molecule has 3 aliphatic rings. The maximum atomic E-state index is 13.0. The van der Waals surface area contributed by atoms with Crippen LogP contribution in [0.1, 0.15) is 134 Å². The number of aryl methyl sites for hydroxylation is 1. The smallest absolute Gasteiger partial charge is 0.315 e. The van der Waals surface area contributed by atoms with Crippen LogP contribution < -0.4 is 10.6 Å². The number of imide groups is 1. The quantitative estimate of drug-likeness (QED) is 0.133. The van der Waals surface area contributed by atoms with Crippen LogP contribution in [0.4, 0.5) is 0 Å². The van der Waals surface area contributed by atoms with Gasteiger partial charge in [0, 0.05) is 46.6 Å². The van der Waals surface area contributed by atoms with Gasteiger partial charge in [-0.1, -0.05) is 62.3 Å². The summed E-state index contributed by atoms with van der Waals surface area (Å²) in [4.78, 5) is 61.7. The lowest BCUT2D eigenvalue weighted by Gasteiger charge is -2.46. The number of benzene rings is 2. The third-order valence-corrected chi connectivity index (χ3v) is 12.6. The molecule has 4 aromatic heterocycles. The Morgan fingerprint density at radius 1 is 0.948 bits per heavy atom. The van der Waals surface area contributed by atoms with Gasteiger partial charge in [0.05, 0.1) is 28.6 Å². The molecule has 2 saturated heterocycles. The standard InChI is InChI=1S/C45H49N9O4/c1-24-18-29(10-11-32(24)25(2)49-42(57)43-52-44(53-58-43)45(3,4)5)39-38-34-22-46-35(21-36(34)50-40(38)48-23-47-39)28-14-16-54(17-15-28)31-19-30(20-31)26-6-8-27(9-7-26)33-12-13-37(55)51-41(33)56/h6-11,18,21-23,25,28,30-31,33H,12-17,19-20H2,1-5H3,(H,49,57)(H,47,48,50)(H,51,55,56)/t25-,30?,31?,33?/m1/s1. The molecule has 9 rings (SSSR count). The molecular formula is C45H49N9O4. The van der Waals surface area contributed by atoms with Crippen LogP contribution >= 0.6 is 0 Å². The van der Waals surface area contributed by atoms with E-state index in [4.69, 9.17) is 14.5 Å². The van der Waals surface area contributed by atoms with E-state index in [1.807, 2.05) is 52.9 Å². The number of carbonyl (C=O) groups is 3. The van der Waals surface area contributed by atoms with Crippen LogP contribution in [0, 0.1) is 6.92 Å². The first-order chi connectivity index (χ1) is 27.9. The number of likely N-dealkylation sites (tertiary alicyclic amines) is 1. The molecule has 2 atom stereocenters. The number of amides is 3. The highest BCUT2D eigenvalue weighted by atomic mass is 16.5. The lowest BCUT2D eigenvalue weighted by Crippen LogP contribution is -2.47. The number of H-pyrrole nitrogens is 1. The molecule has 6 heterocycles. The number of aromatic amines is 1. The number of hydrogen-bond acceptors (Lipinski definition) is 10. The summed E-state index contributed by atoms with van der Waals surface area (Å²) < 4.78 is 5.25. The predicted octanol–water partition coefficient (Wildman–Crippen LogP) is 7.30. The second-order valence-electron chi connectivity index (χ2n) is 17.5. The normalized spacial score (nSPS) is 21.2. The zero-order chi connectivity index (χ0) is 40.3. The van der Waals surface area contributed by atoms with Crippen molar-refractivity contribution in [3.05, 3.63) is 101 Å². The number of fused-ring (bicyclic) bond motifs is 3. The number of nitrogens with zero attached hydrogens (tertiary/aromatic N) is 6. The number of carbonyl (C=O) groups excluding carboxylic acids is 3. The Hall–Kier alpha value is -5.82. The lowest BCUT2D eigenvalue weighted by atomic mass is 9.74. The molecule has 58 heavy (non-hydrogen) atoms. The molecule has 3 N–H and O–H groups in total. The molecule has 1 unspecified atom stereocenters. The van der Waals surface area contributed by atoms with E-state index >= 15 is 0 Å². The van der Waals surface area contributed by atoms with Crippen molar-refractivity contribution in [2.75, 3.05) is 13.1 Å². The Morgan fingerprint density at radius 3 is 2.41 bits per heavy atom. The Kier molecular flexibility index (Phi) is 9.66. The van der Waals surface area contributed by atoms with Gasteiger partial charge in [0.25, 0.3) is 0 Å². The lowest BCUT2D eigenvalue weighted by molar-refractivity contribution is -0.134. The van der Waals surface area contributed by atoms with Gasteiger partial charge in [-0.3, -0.25) is 24.7 Å². The molecule has 0 radical (unpaired) electrons. The highest BCUT2D eigenvalue weighted by Crippen LogP contribution is 2.43. The van der Waals surface area contributed by atoms with Gasteiger partial charge in [0.15, 0.2) is 5.82 Å². The highest BCUT2D eigenvalue weighted by Gasteiger charge is 2.37. The summed E-state index contributed by atoms with van der Waals surface area (Å²) in [6.45, 7) is 12.0.